The Bertz CT molecular complexity index is 510. The van der Waals surface area contributed by atoms with Gasteiger partial charge >= 0.3 is 18.0 Å². The van der Waals surface area contributed by atoms with Crippen molar-refractivity contribution in [1.29, 1.82) is 0 Å². The minimum atomic E-state index is -6.40. The van der Waals surface area contributed by atoms with Crippen LogP contribution >= 0.6 is 0 Å². The Balaban J connectivity index is 3.25. The summed E-state index contributed by atoms with van der Waals surface area (Å²) in [5.74, 6) is -12.4. The van der Waals surface area contributed by atoms with E-state index >= 15 is 0 Å². The molecule has 20 heavy (non-hydrogen) atoms. The molecule has 0 heterocycles. The highest BCUT2D eigenvalue weighted by Gasteiger charge is 2.73. The Hall–Kier alpha value is -1.80. The Morgan fingerprint density at radius 1 is 1.05 bits per heavy atom. The van der Waals surface area contributed by atoms with Gasteiger partial charge in [0.1, 0.15) is 0 Å². The number of benzene rings is 1. The van der Waals surface area contributed by atoms with Gasteiger partial charge in [-0.15, -0.1) is 0 Å². The fourth-order valence-corrected chi connectivity index (χ4v) is 1.35. The third-order valence-electron chi connectivity index (χ3n) is 2.30. The van der Waals surface area contributed by atoms with Crippen LogP contribution in [0.4, 0.5) is 36.4 Å². The predicted molar refractivity (Wildman–Crippen MR) is 55.6 cm³/mol. The molecule has 1 N–H and O–H groups in total. The maximum Gasteiger partial charge on any atom is 0.460 e. The third-order valence-corrected chi connectivity index (χ3v) is 2.30. The van der Waals surface area contributed by atoms with E-state index in [2.05, 4.69) is 0 Å². The minimum Gasteiger partial charge on any atom is -0.326 e. The number of rotatable bonds is 3. The van der Waals surface area contributed by atoms with Crippen LogP contribution < -0.4 is 5.32 Å². The van der Waals surface area contributed by atoms with Crippen LogP contribution in [-0.4, -0.2) is 18.0 Å². The van der Waals surface area contributed by atoms with Crippen LogP contribution in [0.3, 0.4) is 0 Å². The third kappa shape index (κ3) is 2.86. The van der Waals surface area contributed by atoms with Crippen LogP contribution in [-0.2, 0) is 10.7 Å². The Morgan fingerprint density at radius 3 is 2.05 bits per heavy atom. The normalized spacial score (nSPS) is 13.2. The van der Waals surface area contributed by atoms with Crippen molar-refractivity contribution in [3.8, 4) is 0 Å². The lowest BCUT2D eigenvalue weighted by Crippen LogP contribution is -2.50. The number of nitrogens with one attached hydrogen (secondary N) is 1. The van der Waals surface area contributed by atoms with E-state index in [4.69, 9.17) is 0 Å². The molecule has 0 aromatic heterocycles. The van der Waals surface area contributed by atoms with Gasteiger partial charge in [-0.05, 0) is 12.1 Å². The molecule has 0 aliphatic carbocycles. The maximum atomic E-state index is 13.4. The Labute approximate surface area is 108 Å². The van der Waals surface area contributed by atoms with Crippen LogP contribution in [0.1, 0.15) is 12.5 Å². The molecule has 2 nitrogen and oxygen atoms in total. The molecular formula is C11H8F7NO. The number of alkyl halides is 7. The highest BCUT2D eigenvalue weighted by atomic mass is 19.4. The van der Waals surface area contributed by atoms with Gasteiger partial charge in [0.05, 0.1) is 0 Å². The molecule has 1 aromatic carbocycles. The summed E-state index contributed by atoms with van der Waals surface area (Å²) >= 11 is 0. The first kappa shape index (κ1) is 16.3. The lowest BCUT2D eigenvalue weighted by Gasteiger charge is -2.28. The lowest BCUT2D eigenvalue weighted by atomic mass is 10.0. The molecule has 0 bridgehead atoms. The average Bonchev–Trinajstić information content (AvgIpc) is 2.26. The van der Waals surface area contributed by atoms with Gasteiger partial charge in [-0.3, -0.25) is 4.79 Å². The van der Waals surface area contributed by atoms with Crippen LogP contribution in [0.25, 0.3) is 0 Å². The molecule has 1 rings (SSSR count). The number of hydrogen-bond acceptors (Lipinski definition) is 1. The molecule has 0 unspecified atom stereocenters. The van der Waals surface area contributed by atoms with Crippen molar-refractivity contribution in [2.24, 2.45) is 0 Å². The second-order valence-corrected chi connectivity index (χ2v) is 3.91. The molecule has 0 radical (unpaired) electrons. The van der Waals surface area contributed by atoms with Gasteiger partial charge in [0.2, 0.25) is 5.91 Å². The summed E-state index contributed by atoms with van der Waals surface area (Å²) in [6, 6.07) is 2.69. The Kier molecular flexibility index (Phi) is 4.02. The Morgan fingerprint density at radius 2 is 1.60 bits per heavy atom. The number of halogens is 7. The summed E-state index contributed by atoms with van der Waals surface area (Å²) in [7, 11) is 0. The molecule has 0 saturated carbocycles. The zero-order valence-electron chi connectivity index (χ0n) is 9.86. The first-order valence-electron chi connectivity index (χ1n) is 5.10. The molecule has 0 saturated heterocycles. The molecule has 9 heteroatoms. The van der Waals surface area contributed by atoms with E-state index in [-0.39, 0.29) is 5.69 Å². The molecular weight excluding hydrogens is 295 g/mol. The smallest absolute Gasteiger partial charge is 0.326 e. The van der Waals surface area contributed by atoms with E-state index < -0.39 is 29.5 Å². The second-order valence-electron chi connectivity index (χ2n) is 3.91. The van der Waals surface area contributed by atoms with E-state index in [0.717, 1.165) is 19.1 Å². The van der Waals surface area contributed by atoms with Crippen molar-refractivity contribution >= 4 is 11.6 Å². The summed E-state index contributed by atoms with van der Waals surface area (Å²) < 4.78 is 88.5. The molecule has 1 aromatic rings. The van der Waals surface area contributed by atoms with Crippen molar-refractivity contribution in [2.75, 3.05) is 5.32 Å². The molecule has 0 aliphatic heterocycles. The van der Waals surface area contributed by atoms with Gasteiger partial charge in [0, 0.05) is 18.2 Å². The monoisotopic (exact) mass is 303 g/mol. The molecule has 0 fully saturated rings. The van der Waals surface area contributed by atoms with Gasteiger partial charge in [0.25, 0.3) is 0 Å². The van der Waals surface area contributed by atoms with Crippen LogP contribution in [0.5, 0.6) is 0 Å². The summed E-state index contributed by atoms with van der Waals surface area (Å²) in [5.41, 5.74) is -1.86. The number of carbonyl (C=O) groups is 1. The van der Waals surface area contributed by atoms with E-state index in [9.17, 15) is 35.5 Å². The highest BCUT2D eigenvalue weighted by Crippen LogP contribution is 2.51. The fraction of sp³-hybridized carbons (Fsp3) is 0.364. The molecule has 112 valence electrons. The SMILES string of the molecule is CC(=O)Nc1cccc(C(F)(F)C(F)(F)C(F)(F)F)c1. The first-order chi connectivity index (χ1) is 8.89. The average molecular weight is 303 g/mol. The second kappa shape index (κ2) is 4.95. The quantitative estimate of drug-likeness (QED) is 0.842. The van der Waals surface area contributed by atoms with Crippen LogP contribution in [0.2, 0.25) is 0 Å². The molecule has 0 aliphatic rings. The van der Waals surface area contributed by atoms with E-state index in [1.165, 1.54) is 0 Å². The molecule has 0 atom stereocenters. The minimum absolute atomic E-state index is 0.312. The van der Waals surface area contributed by atoms with Crippen molar-refractivity contribution in [3.05, 3.63) is 29.8 Å². The van der Waals surface area contributed by atoms with Gasteiger partial charge in [-0.2, -0.15) is 30.7 Å². The lowest BCUT2D eigenvalue weighted by molar-refractivity contribution is -0.359. The summed E-state index contributed by atoms with van der Waals surface area (Å²) in [4.78, 5) is 10.7. The zero-order chi connectivity index (χ0) is 15.8. The summed E-state index contributed by atoms with van der Waals surface area (Å²) in [6.45, 7) is 1.02. The van der Waals surface area contributed by atoms with Gasteiger partial charge < -0.3 is 5.32 Å². The number of hydrogen-bond donors (Lipinski definition) is 1. The predicted octanol–water partition coefficient (Wildman–Crippen LogP) is 3.93. The first-order valence-corrected chi connectivity index (χ1v) is 5.10. The number of carbonyl (C=O) groups excluding carboxylic acids is 1. The van der Waals surface area contributed by atoms with Crippen molar-refractivity contribution in [3.63, 3.8) is 0 Å². The topological polar surface area (TPSA) is 29.1 Å². The summed E-state index contributed by atoms with van der Waals surface area (Å²) in [5, 5.41) is 2.01. The zero-order valence-corrected chi connectivity index (χ0v) is 9.86. The largest absolute Gasteiger partial charge is 0.460 e. The maximum absolute atomic E-state index is 13.4. The molecule has 1 amide bonds. The van der Waals surface area contributed by atoms with Crippen LogP contribution in [0, 0.1) is 0 Å². The van der Waals surface area contributed by atoms with E-state index in [1.54, 1.807) is 0 Å². The van der Waals surface area contributed by atoms with Gasteiger partial charge in [0.15, 0.2) is 0 Å². The number of amides is 1. The fourth-order valence-electron chi connectivity index (χ4n) is 1.35. The van der Waals surface area contributed by atoms with E-state index in [1.807, 2.05) is 5.32 Å². The summed E-state index contributed by atoms with van der Waals surface area (Å²) in [6.07, 6.45) is -6.40. The van der Waals surface area contributed by atoms with Gasteiger partial charge in [-0.25, -0.2) is 0 Å². The van der Waals surface area contributed by atoms with Crippen molar-refractivity contribution in [1.82, 2.24) is 0 Å². The number of anilines is 1. The van der Waals surface area contributed by atoms with E-state index in [0.29, 0.717) is 12.1 Å². The van der Waals surface area contributed by atoms with Crippen molar-refractivity contribution < 1.29 is 35.5 Å². The molecule has 0 spiro atoms. The van der Waals surface area contributed by atoms with Crippen molar-refractivity contribution in [2.45, 2.75) is 24.9 Å². The van der Waals surface area contributed by atoms with Gasteiger partial charge in [-0.1, -0.05) is 12.1 Å². The van der Waals surface area contributed by atoms with Crippen LogP contribution in [0.15, 0.2) is 24.3 Å². The highest BCUT2D eigenvalue weighted by molar-refractivity contribution is 5.88. The standard InChI is InChI=1S/C11H8F7NO/c1-6(20)19-8-4-2-3-7(5-8)9(12,13)10(14,15)11(16,17)18/h2-5H,1H3,(H,19,20).